The molecule has 0 aliphatic carbocycles. The van der Waals surface area contributed by atoms with E-state index in [0.717, 1.165) is 37.1 Å². The van der Waals surface area contributed by atoms with Crippen molar-refractivity contribution >= 4 is 5.69 Å². The number of ether oxygens (including phenoxy) is 1. The zero-order valence-corrected chi connectivity index (χ0v) is 8.60. The third-order valence-corrected chi connectivity index (χ3v) is 2.50. The Bertz CT molecular complexity index is 376. The quantitative estimate of drug-likeness (QED) is 0.800. The minimum Gasteiger partial charge on any atom is -0.406 e. The summed E-state index contributed by atoms with van der Waals surface area (Å²) >= 11 is 0. The van der Waals surface area contributed by atoms with Gasteiger partial charge in [-0.15, -0.1) is 13.2 Å². The molecule has 1 N–H and O–H groups in total. The fourth-order valence-electron chi connectivity index (χ4n) is 1.81. The van der Waals surface area contributed by atoms with Crippen LogP contribution in [0.4, 0.5) is 18.9 Å². The van der Waals surface area contributed by atoms with E-state index in [4.69, 9.17) is 0 Å². The van der Waals surface area contributed by atoms with Crippen LogP contribution >= 0.6 is 0 Å². The maximum atomic E-state index is 12.0. The lowest BCUT2D eigenvalue weighted by molar-refractivity contribution is -0.274. The smallest absolute Gasteiger partial charge is 0.406 e. The van der Waals surface area contributed by atoms with Gasteiger partial charge in [0, 0.05) is 12.2 Å². The van der Waals surface area contributed by atoms with Crippen LogP contribution in [0.15, 0.2) is 18.2 Å². The molecule has 0 amide bonds. The van der Waals surface area contributed by atoms with Gasteiger partial charge in [-0.25, -0.2) is 0 Å². The van der Waals surface area contributed by atoms with Crippen LogP contribution in [-0.4, -0.2) is 12.9 Å². The molecule has 2 rings (SSSR count). The van der Waals surface area contributed by atoms with Crippen molar-refractivity contribution in [3.05, 3.63) is 23.8 Å². The first kappa shape index (κ1) is 11.1. The van der Waals surface area contributed by atoms with Gasteiger partial charge in [0.15, 0.2) is 0 Å². The summed E-state index contributed by atoms with van der Waals surface area (Å²) in [7, 11) is 0. The van der Waals surface area contributed by atoms with Crippen LogP contribution in [0.1, 0.15) is 18.4 Å². The normalized spacial score (nSPS) is 15.9. The van der Waals surface area contributed by atoms with Crippen LogP contribution in [0.5, 0.6) is 5.75 Å². The number of aryl methyl sites for hydroxylation is 1. The number of halogens is 3. The minimum absolute atomic E-state index is 0.144. The van der Waals surface area contributed by atoms with Gasteiger partial charge in [-0.1, -0.05) is 0 Å². The average Bonchev–Trinajstić information content (AvgIpc) is 2.39. The Morgan fingerprint density at radius 1 is 1.19 bits per heavy atom. The highest BCUT2D eigenvalue weighted by Gasteiger charge is 2.31. The number of rotatable bonds is 1. The summed E-state index contributed by atoms with van der Waals surface area (Å²) in [5, 5.41) is 3.18. The van der Waals surface area contributed by atoms with Crippen molar-refractivity contribution in [3.8, 4) is 5.75 Å². The first-order chi connectivity index (χ1) is 7.54. The van der Waals surface area contributed by atoms with E-state index in [0.29, 0.717) is 0 Å². The molecule has 1 heterocycles. The zero-order chi connectivity index (χ0) is 11.6. The van der Waals surface area contributed by atoms with E-state index in [1.807, 2.05) is 0 Å². The highest BCUT2D eigenvalue weighted by molar-refractivity contribution is 5.54. The molecule has 0 spiro atoms. The Kier molecular flexibility index (Phi) is 2.94. The van der Waals surface area contributed by atoms with Gasteiger partial charge in [0.25, 0.3) is 0 Å². The summed E-state index contributed by atoms with van der Waals surface area (Å²) in [5.74, 6) is -0.144. The van der Waals surface area contributed by atoms with Crippen molar-refractivity contribution < 1.29 is 17.9 Å². The van der Waals surface area contributed by atoms with Crippen molar-refractivity contribution in [1.29, 1.82) is 0 Å². The van der Waals surface area contributed by atoms with Crippen molar-refractivity contribution in [2.45, 2.75) is 25.6 Å². The van der Waals surface area contributed by atoms with E-state index >= 15 is 0 Å². The summed E-state index contributed by atoms with van der Waals surface area (Å²) in [6, 6.07) is 4.44. The first-order valence-corrected chi connectivity index (χ1v) is 5.17. The van der Waals surface area contributed by atoms with E-state index in [1.165, 1.54) is 12.1 Å². The van der Waals surface area contributed by atoms with Gasteiger partial charge in [0.1, 0.15) is 5.75 Å². The second-order valence-corrected chi connectivity index (χ2v) is 3.75. The van der Waals surface area contributed by atoms with Crippen molar-refractivity contribution in [1.82, 2.24) is 0 Å². The number of anilines is 1. The van der Waals surface area contributed by atoms with Crippen LogP contribution in [0.25, 0.3) is 0 Å². The standard InChI is InChI=1S/C11H12F3NO/c12-11(13,14)16-9-4-5-10-8(7-9)3-1-2-6-15-10/h4-5,7,15H,1-3,6H2. The Balaban J connectivity index is 2.21. The maximum Gasteiger partial charge on any atom is 0.573 e. The predicted molar refractivity (Wildman–Crippen MR) is 54.6 cm³/mol. The van der Waals surface area contributed by atoms with Gasteiger partial charge >= 0.3 is 6.36 Å². The van der Waals surface area contributed by atoms with Gasteiger partial charge in [0.05, 0.1) is 0 Å². The Labute approximate surface area is 91.4 Å². The molecule has 0 radical (unpaired) electrons. The molecule has 1 aliphatic rings. The van der Waals surface area contributed by atoms with E-state index in [9.17, 15) is 13.2 Å². The van der Waals surface area contributed by atoms with E-state index in [1.54, 1.807) is 6.07 Å². The third-order valence-electron chi connectivity index (χ3n) is 2.50. The molecule has 5 heteroatoms. The summed E-state index contributed by atoms with van der Waals surface area (Å²) in [6.07, 6.45) is -1.82. The molecule has 1 aromatic carbocycles. The summed E-state index contributed by atoms with van der Waals surface area (Å²) in [5.41, 5.74) is 1.80. The molecule has 0 bridgehead atoms. The number of fused-ring (bicyclic) bond motifs is 1. The van der Waals surface area contributed by atoms with Gasteiger partial charge < -0.3 is 10.1 Å². The monoisotopic (exact) mass is 231 g/mol. The molecule has 0 saturated heterocycles. The maximum absolute atomic E-state index is 12.0. The fourth-order valence-corrected chi connectivity index (χ4v) is 1.81. The van der Waals surface area contributed by atoms with Crippen LogP contribution < -0.4 is 10.1 Å². The highest BCUT2D eigenvalue weighted by atomic mass is 19.4. The molecule has 2 nitrogen and oxygen atoms in total. The second kappa shape index (κ2) is 4.23. The van der Waals surface area contributed by atoms with Crippen LogP contribution in [0, 0.1) is 0 Å². The molecule has 0 saturated carbocycles. The molecule has 0 aromatic heterocycles. The Morgan fingerprint density at radius 3 is 2.75 bits per heavy atom. The largest absolute Gasteiger partial charge is 0.573 e. The lowest BCUT2D eigenvalue weighted by Crippen LogP contribution is -2.17. The highest BCUT2D eigenvalue weighted by Crippen LogP contribution is 2.29. The number of nitrogens with one attached hydrogen (secondary N) is 1. The molecular weight excluding hydrogens is 219 g/mol. The second-order valence-electron chi connectivity index (χ2n) is 3.75. The molecule has 1 aromatic rings. The fraction of sp³-hybridized carbons (Fsp3) is 0.455. The zero-order valence-electron chi connectivity index (χ0n) is 8.60. The number of hydrogen-bond donors (Lipinski definition) is 1. The molecule has 0 fully saturated rings. The van der Waals surface area contributed by atoms with Crippen molar-refractivity contribution in [3.63, 3.8) is 0 Å². The first-order valence-electron chi connectivity index (χ1n) is 5.17. The molecule has 16 heavy (non-hydrogen) atoms. The van der Waals surface area contributed by atoms with Crippen molar-refractivity contribution in [2.24, 2.45) is 0 Å². The Hall–Kier alpha value is -1.39. The minimum atomic E-state index is -4.62. The lowest BCUT2D eigenvalue weighted by Gasteiger charge is -2.12. The van der Waals surface area contributed by atoms with Gasteiger partial charge in [-0.3, -0.25) is 0 Å². The summed E-state index contributed by atoms with van der Waals surface area (Å²) in [6.45, 7) is 0.868. The average molecular weight is 231 g/mol. The van der Waals surface area contributed by atoms with Crippen LogP contribution in [0.3, 0.4) is 0 Å². The van der Waals surface area contributed by atoms with E-state index in [-0.39, 0.29) is 5.75 Å². The van der Waals surface area contributed by atoms with Crippen molar-refractivity contribution in [2.75, 3.05) is 11.9 Å². The molecule has 1 aliphatic heterocycles. The molecular formula is C11H12F3NO. The summed E-state index contributed by atoms with van der Waals surface area (Å²) in [4.78, 5) is 0. The van der Waals surface area contributed by atoms with Crippen LogP contribution in [-0.2, 0) is 6.42 Å². The van der Waals surface area contributed by atoms with Gasteiger partial charge in [-0.05, 0) is 43.0 Å². The SMILES string of the molecule is FC(F)(F)Oc1ccc2c(c1)CCCCN2. The third kappa shape index (κ3) is 2.81. The Morgan fingerprint density at radius 2 is 2.00 bits per heavy atom. The number of benzene rings is 1. The number of alkyl halides is 3. The number of hydrogen-bond acceptors (Lipinski definition) is 2. The predicted octanol–water partition coefficient (Wildman–Crippen LogP) is 3.33. The lowest BCUT2D eigenvalue weighted by atomic mass is 10.1. The molecule has 0 atom stereocenters. The summed E-state index contributed by atoms with van der Waals surface area (Å²) < 4.78 is 39.9. The van der Waals surface area contributed by atoms with Crippen LogP contribution in [0.2, 0.25) is 0 Å². The van der Waals surface area contributed by atoms with Gasteiger partial charge in [0.2, 0.25) is 0 Å². The van der Waals surface area contributed by atoms with Gasteiger partial charge in [-0.2, -0.15) is 0 Å². The topological polar surface area (TPSA) is 21.3 Å². The van der Waals surface area contributed by atoms with E-state index in [2.05, 4.69) is 10.1 Å². The molecule has 88 valence electrons. The van der Waals surface area contributed by atoms with E-state index < -0.39 is 6.36 Å². The molecule has 0 unspecified atom stereocenters.